The molecule has 0 aliphatic rings. The van der Waals surface area contributed by atoms with Gasteiger partial charge in [0.15, 0.2) is 0 Å². The Labute approximate surface area is 117 Å². The van der Waals surface area contributed by atoms with E-state index in [1.54, 1.807) is 24.3 Å². The summed E-state index contributed by atoms with van der Waals surface area (Å²) in [6.07, 6.45) is 0. The molecule has 1 aromatic rings. The highest BCUT2D eigenvalue weighted by Crippen LogP contribution is 2.18. The molecule has 100 valence electrons. The van der Waals surface area contributed by atoms with E-state index >= 15 is 0 Å². The highest BCUT2D eigenvalue weighted by atomic mass is 35.5. The van der Waals surface area contributed by atoms with Crippen LogP contribution in [0.3, 0.4) is 0 Å². The maximum Gasteiger partial charge on any atom is 0.335 e. The Morgan fingerprint density at radius 1 is 1.17 bits per heavy atom. The molecule has 3 nitrogen and oxygen atoms in total. The maximum absolute atomic E-state index is 10.8. The largest absolute Gasteiger partial charge is 0.478 e. The van der Waals surface area contributed by atoms with Crippen molar-refractivity contribution in [3.8, 4) is 0 Å². The minimum Gasteiger partial charge on any atom is -0.478 e. The lowest BCUT2D eigenvalue weighted by molar-refractivity contribution is 0.0697. The second-order valence-electron chi connectivity index (χ2n) is 4.32. The summed E-state index contributed by atoms with van der Waals surface area (Å²) in [5, 5.41) is 8.85. The average molecular weight is 290 g/mol. The summed E-state index contributed by atoms with van der Waals surface area (Å²) < 4.78 is 0. The standard InChI is InChI=1S/C13H17Cl2NO2/c1-9(14)7-16(8-10(2)15)12-5-3-11(4-6-12)13(17)18/h3-6,9-10H,7-8H2,1-2H3,(H,17,18). The molecule has 0 fully saturated rings. The fourth-order valence-electron chi connectivity index (χ4n) is 1.71. The molecule has 0 aliphatic heterocycles. The summed E-state index contributed by atoms with van der Waals surface area (Å²) in [5.74, 6) is -0.926. The monoisotopic (exact) mass is 289 g/mol. The molecule has 0 radical (unpaired) electrons. The fourth-order valence-corrected chi connectivity index (χ4v) is 2.04. The van der Waals surface area contributed by atoms with Crippen LogP contribution < -0.4 is 4.90 Å². The first kappa shape index (κ1) is 15.1. The molecule has 0 aliphatic carbocycles. The summed E-state index contributed by atoms with van der Waals surface area (Å²) in [4.78, 5) is 12.8. The van der Waals surface area contributed by atoms with E-state index in [1.165, 1.54) is 0 Å². The van der Waals surface area contributed by atoms with Crippen LogP contribution in [-0.4, -0.2) is 34.9 Å². The zero-order valence-electron chi connectivity index (χ0n) is 10.4. The smallest absolute Gasteiger partial charge is 0.335 e. The van der Waals surface area contributed by atoms with Gasteiger partial charge in [0.1, 0.15) is 0 Å². The molecule has 0 bridgehead atoms. The molecule has 5 heteroatoms. The molecule has 1 rings (SSSR count). The van der Waals surface area contributed by atoms with Crippen molar-refractivity contribution in [1.29, 1.82) is 0 Å². The van der Waals surface area contributed by atoms with Gasteiger partial charge in [-0.05, 0) is 38.1 Å². The summed E-state index contributed by atoms with van der Waals surface area (Å²) >= 11 is 12.0. The highest BCUT2D eigenvalue weighted by Gasteiger charge is 2.12. The van der Waals surface area contributed by atoms with Gasteiger partial charge in [-0.1, -0.05) is 0 Å². The molecular weight excluding hydrogens is 273 g/mol. The minimum atomic E-state index is -0.926. The van der Waals surface area contributed by atoms with Crippen LogP contribution >= 0.6 is 23.2 Å². The van der Waals surface area contributed by atoms with Crippen LogP contribution in [0, 0.1) is 0 Å². The van der Waals surface area contributed by atoms with E-state index in [0.717, 1.165) is 5.69 Å². The van der Waals surface area contributed by atoms with E-state index in [9.17, 15) is 4.79 Å². The number of rotatable bonds is 6. The Morgan fingerprint density at radius 3 is 1.94 bits per heavy atom. The van der Waals surface area contributed by atoms with Crippen molar-refractivity contribution in [2.24, 2.45) is 0 Å². The molecule has 0 amide bonds. The van der Waals surface area contributed by atoms with Crippen LogP contribution in [0.4, 0.5) is 5.69 Å². The van der Waals surface area contributed by atoms with Crippen molar-refractivity contribution in [3.63, 3.8) is 0 Å². The number of carboxylic acids is 1. The van der Waals surface area contributed by atoms with Gasteiger partial charge in [0, 0.05) is 29.5 Å². The fraction of sp³-hybridized carbons (Fsp3) is 0.462. The lowest BCUT2D eigenvalue weighted by Crippen LogP contribution is -2.33. The summed E-state index contributed by atoms with van der Waals surface area (Å²) in [6, 6.07) is 6.73. The third kappa shape index (κ3) is 4.75. The number of hydrogen-bond acceptors (Lipinski definition) is 2. The minimum absolute atomic E-state index is 0.000401. The zero-order valence-corrected chi connectivity index (χ0v) is 11.9. The number of anilines is 1. The number of aromatic carboxylic acids is 1. The van der Waals surface area contributed by atoms with Gasteiger partial charge in [0.05, 0.1) is 5.56 Å². The van der Waals surface area contributed by atoms with Gasteiger partial charge in [0.2, 0.25) is 0 Å². The first-order chi connectivity index (χ1) is 8.40. The predicted molar refractivity (Wildman–Crippen MR) is 76.2 cm³/mol. The quantitative estimate of drug-likeness (QED) is 0.816. The Bertz CT molecular complexity index is 380. The van der Waals surface area contributed by atoms with E-state index in [4.69, 9.17) is 28.3 Å². The van der Waals surface area contributed by atoms with Gasteiger partial charge in [-0.2, -0.15) is 0 Å². The van der Waals surface area contributed by atoms with Crippen molar-refractivity contribution in [1.82, 2.24) is 0 Å². The van der Waals surface area contributed by atoms with E-state index in [0.29, 0.717) is 13.1 Å². The van der Waals surface area contributed by atoms with Crippen LogP contribution in [0.25, 0.3) is 0 Å². The van der Waals surface area contributed by atoms with Gasteiger partial charge in [0.25, 0.3) is 0 Å². The zero-order chi connectivity index (χ0) is 13.7. The lowest BCUT2D eigenvalue weighted by atomic mass is 10.2. The number of halogens is 2. The lowest BCUT2D eigenvalue weighted by Gasteiger charge is -2.27. The topological polar surface area (TPSA) is 40.5 Å². The van der Waals surface area contributed by atoms with Crippen LogP contribution in [0.1, 0.15) is 24.2 Å². The maximum atomic E-state index is 10.8. The normalized spacial score (nSPS) is 14.0. The molecular formula is C13H17Cl2NO2. The van der Waals surface area contributed by atoms with Crippen molar-refractivity contribution in [2.75, 3.05) is 18.0 Å². The number of alkyl halides is 2. The van der Waals surface area contributed by atoms with Crippen molar-refractivity contribution in [2.45, 2.75) is 24.6 Å². The predicted octanol–water partition coefficient (Wildman–Crippen LogP) is 3.45. The Balaban J connectivity index is 2.87. The number of carbonyl (C=O) groups is 1. The Morgan fingerprint density at radius 2 is 1.61 bits per heavy atom. The SMILES string of the molecule is CC(Cl)CN(CC(C)Cl)c1ccc(C(=O)O)cc1. The van der Waals surface area contributed by atoms with Crippen LogP contribution in [0.15, 0.2) is 24.3 Å². The van der Waals surface area contributed by atoms with Crippen LogP contribution in [0.2, 0.25) is 0 Å². The number of carboxylic acid groups (broad SMARTS) is 1. The molecule has 0 aromatic heterocycles. The van der Waals surface area contributed by atoms with Crippen molar-refractivity contribution in [3.05, 3.63) is 29.8 Å². The van der Waals surface area contributed by atoms with Crippen molar-refractivity contribution < 1.29 is 9.90 Å². The molecule has 0 saturated carbocycles. The molecule has 1 aromatic carbocycles. The van der Waals surface area contributed by atoms with Crippen LogP contribution in [0.5, 0.6) is 0 Å². The van der Waals surface area contributed by atoms with Crippen LogP contribution in [-0.2, 0) is 0 Å². The van der Waals surface area contributed by atoms with E-state index in [1.807, 2.05) is 13.8 Å². The molecule has 0 spiro atoms. The summed E-state index contributed by atoms with van der Waals surface area (Å²) in [7, 11) is 0. The van der Waals surface area contributed by atoms with Gasteiger partial charge in [-0.3, -0.25) is 0 Å². The van der Waals surface area contributed by atoms with E-state index < -0.39 is 5.97 Å². The Hall–Kier alpha value is -0.930. The van der Waals surface area contributed by atoms with E-state index in [-0.39, 0.29) is 16.3 Å². The molecule has 18 heavy (non-hydrogen) atoms. The Kier molecular flexibility index (Phi) is 5.76. The molecule has 2 atom stereocenters. The highest BCUT2D eigenvalue weighted by molar-refractivity contribution is 6.21. The second-order valence-corrected chi connectivity index (χ2v) is 5.81. The summed E-state index contributed by atoms with van der Waals surface area (Å²) in [5.41, 5.74) is 1.21. The second kappa shape index (κ2) is 6.86. The number of nitrogens with zero attached hydrogens (tertiary/aromatic N) is 1. The third-order valence-corrected chi connectivity index (χ3v) is 2.70. The first-order valence-corrected chi connectivity index (χ1v) is 6.64. The third-order valence-electron chi connectivity index (χ3n) is 2.42. The molecule has 0 heterocycles. The summed E-state index contributed by atoms with van der Waals surface area (Å²) in [6.45, 7) is 5.17. The number of hydrogen-bond donors (Lipinski definition) is 1. The molecule has 0 saturated heterocycles. The average Bonchev–Trinajstić information content (AvgIpc) is 2.27. The van der Waals surface area contributed by atoms with Gasteiger partial charge >= 0.3 is 5.97 Å². The first-order valence-electron chi connectivity index (χ1n) is 5.76. The van der Waals surface area contributed by atoms with Crippen molar-refractivity contribution >= 4 is 34.9 Å². The molecule has 1 N–H and O–H groups in total. The van der Waals surface area contributed by atoms with E-state index in [2.05, 4.69) is 4.90 Å². The van der Waals surface area contributed by atoms with Gasteiger partial charge in [-0.15, -0.1) is 23.2 Å². The number of benzene rings is 1. The van der Waals surface area contributed by atoms with Gasteiger partial charge < -0.3 is 10.0 Å². The molecule has 2 unspecified atom stereocenters. The van der Waals surface area contributed by atoms with Gasteiger partial charge in [-0.25, -0.2) is 4.79 Å².